The first-order chi connectivity index (χ1) is 10.7. The van der Waals surface area contributed by atoms with Crippen LogP contribution < -0.4 is 5.32 Å². The van der Waals surface area contributed by atoms with Crippen LogP contribution in [-0.4, -0.2) is 17.0 Å². The molecule has 0 aliphatic carbocycles. The number of nitrogens with one attached hydrogen (secondary N) is 1. The van der Waals surface area contributed by atoms with Gasteiger partial charge in [-0.2, -0.15) is 0 Å². The highest BCUT2D eigenvalue weighted by Crippen LogP contribution is 2.08. The number of amides is 2. The van der Waals surface area contributed by atoms with Gasteiger partial charge in [-0.3, -0.25) is 0 Å². The van der Waals surface area contributed by atoms with E-state index in [9.17, 15) is 4.79 Å². The Morgan fingerprint density at radius 1 is 1.05 bits per heavy atom. The molecule has 0 saturated carbocycles. The Labute approximate surface area is 132 Å². The predicted molar refractivity (Wildman–Crippen MR) is 91.1 cm³/mol. The first kappa shape index (κ1) is 15.8. The molecule has 114 valence electrons. The number of hydrogen-bond acceptors (Lipinski definition) is 1. The lowest BCUT2D eigenvalue weighted by atomic mass is 10.2. The number of hydrogen-bond donors (Lipinski definition) is 1. The second-order valence-corrected chi connectivity index (χ2v) is 5.40. The molecule has 0 heterocycles. The summed E-state index contributed by atoms with van der Waals surface area (Å²) in [5.74, 6) is 0. The van der Waals surface area contributed by atoms with Crippen molar-refractivity contribution in [3.8, 4) is 0 Å². The van der Waals surface area contributed by atoms with Crippen LogP contribution in [0.1, 0.15) is 25.0 Å². The Morgan fingerprint density at radius 3 is 2.23 bits per heavy atom. The molecule has 2 amide bonds. The number of urea groups is 1. The van der Waals surface area contributed by atoms with E-state index in [4.69, 9.17) is 0 Å². The van der Waals surface area contributed by atoms with Crippen molar-refractivity contribution in [2.45, 2.75) is 26.4 Å². The van der Waals surface area contributed by atoms with E-state index in [0.29, 0.717) is 6.54 Å². The molecule has 0 radical (unpaired) electrons. The van der Waals surface area contributed by atoms with Crippen molar-refractivity contribution in [2.75, 3.05) is 0 Å². The molecule has 1 N–H and O–H groups in total. The van der Waals surface area contributed by atoms with Crippen molar-refractivity contribution in [1.82, 2.24) is 10.2 Å². The van der Waals surface area contributed by atoms with Crippen molar-refractivity contribution < 1.29 is 4.79 Å². The molecule has 0 unspecified atom stereocenters. The van der Waals surface area contributed by atoms with E-state index >= 15 is 0 Å². The Morgan fingerprint density at radius 2 is 1.64 bits per heavy atom. The molecule has 2 aromatic rings. The van der Waals surface area contributed by atoms with Gasteiger partial charge in [0.25, 0.3) is 0 Å². The van der Waals surface area contributed by atoms with E-state index < -0.39 is 0 Å². The van der Waals surface area contributed by atoms with Crippen LogP contribution in [0.15, 0.2) is 66.9 Å². The van der Waals surface area contributed by atoms with Gasteiger partial charge in [0.15, 0.2) is 0 Å². The molecular weight excluding hydrogens is 272 g/mol. The summed E-state index contributed by atoms with van der Waals surface area (Å²) in [5.41, 5.74) is 2.18. The van der Waals surface area contributed by atoms with Gasteiger partial charge in [-0.15, -0.1) is 0 Å². The van der Waals surface area contributed by atoms with Crippen molar-refractivity contribution in [1.29, 1.82) is 0 Å². The van der Waals surface area contributed by atoms with Crippen molar-refractivity contribution in [3.05, 3.63) is 78.0 Å². The number of carbonyl (C=O) groups excluding carboxylic acids is 1. The van der Waals surface area contributed by atoms with Crippen LogP contribution in [-0.2, 0) is 6.54 Å². The van der Waals surface area contributed by atoms with Crippen molar-refractivity contribution in [2.24, 2.45) is 0 Å². The maximum Gasteiger partial charge on any atom is 0.321 e. The highest BCUT2D eigenvalue weighted by molar-refractivity contribution is 5.76. The highest BCUT2D eigenvalue weighted by Gasteiger charge is 2.15. The minimum atomic E-state index is -0.0916. The lowest BCUT2D eigenvalue weighted by Gasteiger charge is -2.26. The molecule has 0 aliphatic rings. The van der Waals surface area contributed by atoms with Gasteiger partial charge >= 0.3 is 6.03 Å². The summed E-state index contributed by atoms with van der Waals surface area (Å²) in [4.78, 5) is 14.2. The number of rotatable bonds is 5. The Bertz CT molecular complexity index is 606. The van der Waals surface area contributed by atoms with Crippen LogP contribution in [0.3, 0.4) is 0 Å². The van der Waals surface area contributed by atoms with Crippen LogP contribution in [0.2, 0.25) is 0 Å². The highest BCUT2D eigenvalue weighted by atomic mass is 16.2. The van der Waals surface area contributed by atoms with Gasteiger partial charge in [-0.25, -0.2) is 4.79 Å². The molecule has 22 heavy (non-hydrogen) atoms. The van der Waals surface area contributed by atoms with Crippen LogP contribution >= 0.6 is 0 Å². The van der Waals surface area contributed by atoms with Gasteiger partial charge in [0.2, 0.25) is 0 Å². The molecule has 3 heteroatoms. The Kier molecular flexibility index (Phi) is 5.78. The van der Waals surface area contributed by atoms with Gasteiger partial charge in [-0.05, 0) is 31.1 Å². The maximum absolute atomic E-state index is 12.3. The molecule has 2 aromatic carbocycles. The van der Waals surface area contributed by atoms with Crippen molar-refractivity contribution >= 4 is 12.1 Å². The fraction of sp³-hybridized carbons (Fsp3) is 0.211. The van der Waals surface area contributed by atoms with E-state index in [0.717, 1.165) is 11.1 Å². The van der Waals surface area contributed by atoms with E-state index in [1.807, 2.05) is 85.5 Å². The standard InChI is InChI=1S/C19H22N2O/c1-16(2)21(15-18-11-7-4-8-12-18)19(22)20-14-13-17-9-5-3-6-10-17/h3-14,16H,15H2,1-2H3,(H,20,22)/b14-13+. The minimum Gasteiger partial charge on any atom is -0.318 e. The number of carbonyl (C=O) groups is 1. The fourth-order valence-electron chi connectivity index (χ4n) is 2.13. The molecule has 0 fully saturated rings. The zero-order valence-corrected chi connectivity index (χ0v) is 13.1. The van der Waals surface area contributed by atoms with Crippen LogP contribution in [0.5, 0.6) is 0 Å². The maximum atomic E-state index is 12.3. The molecular formula is C19H22N2O. The topological polar surface area (TPSA) is 32.3 Å². The van der Waals surface area contributed by atoms with E-state index in [1.54, 1.807) is 6.20 Å². The first-order valence-corrected chi connectivity index (χ1v) is 7.49. The van der Waals surface area contributed by atoms with Crippen LogP contribution in [0, 0.1) is 0 Å². The second-order valence-electron chi connectivity index (χ2n) is 5.40. The van der Waals surface area contributed by atoms with Gasteiger partial charge in [0, 0.05) is 18.8 Å². The lowest BCUT2D eigenvalue weighted by molar-refractivity contribution is 0.183. The third-order valence-corrected chi connectivity index (χ3v) is 3.36. The average molecular weight is 294 g/mol. The minimum absolute atomic E-state index is 0.0916. The summed E-state index contributed by atoms with van der Waals surface area (Å²) in [6.07, 6.45) is 3.58. The SMILES string of the molecule is CC(C)N(Cc1ccccc1)C(=O)N/C=C/c1ccccc1. The van der Waals surface area contributed by atoms with Crippen LogP contribution in [0.25, 0.3) is 6.08 Å². The molecule has 0 aromatic heterocycles. The fourth-order valence-corrected chi connectivity index (χ4v) is 2.13. The quantitative estimate of drug-likeness (QED) is 0.877. The smallest absolute Gasteiger partial charge is 0.318 e. The molecule has 0 aliphatic heterocycles. The average Bonchev–Trinajstić information content (AvgIpc) is 2.54. The summed E-state index contributed by atoms with van der Waals surface area (Å²) in [6, 6.07) is 19.9. The summed E-state index contributed by atoms with van der Waals surface area (Å²) in [6.45, 7) is 4.64. The van der Waals surface area contributed by atoms with Gasteiger partial charge in [0.1, 0.15) is 0 Å². The number of nitrogens with zero attached hydrogens (tertiary/aromatic N) is 1. The summed E-state index contributed by atoms with van der Waals surface area (Å²) in [7, 11) is 0. The summed E-state index contributed by atoms with van der Waals surface area (Å²) >= 11 is 0. The van der Waals surface area contributed by atoms with Gasteiger partial charge in [0.05, 0.1) is 0 Å². The Balaban J connectivity index is 1.97. The third kappa shape index (κ3) is 4.77. The van der Waals surface area contributed by atoms with E-state index in [-0.39, 0.29) is 12.1 Å². The largest absolute Gasteiger partial charge is 0.321 e. The molecule has 0 atom stereocenters. The van der Waals surface area contributed by atoms with E-state index in [1.165, 1.54) is 0 Å². The normalized spacial score (nSPS) is 10.9. The lowest BCUT2D eigenvalue weighted by Crippen LogP contribution is -2.41. The summed E-state index contributed by atoms with van der Waals surface area (Å²) < 4.78 is 0. The van der Waals surface area contributed by atoms with Gasteiger partial charge in [-0.1, -0.05) is 60.7 Å². The zero-order chi connectivity index (χ0) is 15.8. The zero-order valence-electron chi connectivity index (χ0n) is 13.1. The molecule has 0 spiro atoms. The van der Waals surface area contributed by atoms with Crippen LogP contribution in [0.4, 0.5) is 4.79 Å². The Hall–Kier alpha value is -2.55. The molecule has 0 saturated heterocycles. The summed E-state index contributed by atoms with van der Waals surface area (Å²) in [5, 5.41) is 2.84. The number of benzene rings is 2. The van der Waals surface area contributed by atoms with E-state index in [2.05, 4.69) is 5.32 Å². The third-order valence-electron chi connectivity index (χ3n) is 3.36. The van der Waals surface area contributed by atoms with Gasteiger partial charge < -0.3 is 10.2 Å². The predicted octanol–water partition coefficient (Wildman–Crippen LogP) is 4.28. The molecule has 2 rings (SSSR count). The first-order valence-electron chi connectivity index (χ1n) is 7.49. The molecule has 0 bridgehead atoms. The monoisotopic (exact) mass is 294 g/mol. The van der Waals surface area contributed by atoms with Crippen molar-refractivity contribution in [3.63, 3.8) is 0 Å². The molecule has 3 nitrogen and oxygen atoms in total. The second kappa shape index (κ2) is 8.03.